The minimum Gasteiger partial charge on any atom is -0.318 e. The van der Waals surface area contributed by atoms with Gasteiger partial charge in [-0.1, -0.05) is 20.3 Å². The minimum atomic E-state index is 0.838. The number of aromatic nitrogens is 4. The fourth-order valence-electron chi connectivity index (χ4n) is 0.882. The maximum atomic E-state index is 4.06. The molecule has 0 atom stereocenters. The van der Waals surface area contributed by atoms with E-state index in [1.807, 2.05) is 11.6 Å². The van der Waals surface area contributed by atoms with Crippen LogP contribution in [-0.2, 0) is 7.05 Å². The lowest BCUT2D eigenvalue weighted by atomic mass is 10.6. The number of nitrogens with zero attached hydrogens (tertiary/aromatic N) is 4. The predicted molar refractivity (Wildman–Crippen MR) is 52.3 cm³/mol. The van der Waals surface area contributed by atoms with Crippen LogP contribution in [0, 0.1) is 0 Å². The summed E-state index contributed by atoms with van der Waals surface area (Å²) in [5.74, 6) is 0. The highest BCUT2D eigenvalue weighted by molar-refractivity contribution is 5.68. The number of imidazole rings is 1. The summed E-state index contributed by atoms with van der Waals surface area (Å²) in [6.07, 6.45) is 6.19. The van der Waals surface area contributed by atoms with Crippen LogP contribution in [0.2, 0.25) is 0 Å². The van der Waals surface area contributed by atoms with Crippen LogP contribution < -0.4 is 0 Å². The Bertz CT molecular complexity index is 366. The van der Waals surface area contributed by atoms with Gasteiger partial charge in [0.1, 0.15) is 11.8 Å². The van der Waals surface area contributed by atoms with Crippen molar-refractivity contribution in [2.45, 2.75) is 20.3 Å². The van der Waals surface area contributed by atoms with Gasteiger partial charge in [-0.15, -0.1) is 0 Å². The number of aryl methyl sites for hydroxylation is 1. The second-order valence-electron chi connectivity index (χ2n) is 2.79. The van der Waals surface area contributed by atoms with Crippen LogP contribution in [0.15, 0.2) is 18.9 Å². The van der Waals surface area contributed by atoms with Crippen molar-refractivity contribution in [3.8, 4) is 0 Å². The number of hydrogen-bond donors (Lipinski definition) is 0. The quantitative estimate of drug-likeness (QED) is 0.617. The molecule has 0 N–H and O–H groups in total. The Morgan fingerprint density at radius 3 is 2.62 bits per heavy atom. The van der Waals surface area contributed by atoms with Crippen molar-refractivity contribution in [1.29, 1.82) is 0 Å². The average Bonchev–Trinajstić information content (AvgIpc) is 2.50. The summed E-state index contributed by atoms with van der Waals surface area (Å²) in [6.45, 7) is 4.25. The van der Waals surface area contributed by atoms with Gasteiger partial charge in [0.25, 0.3) is 0 Å². The summed E-state index contributed by atoms with van der Waals surface area (Å²) in [4.78, 5) is 11.9. The first-order chi connectivity index (χ1) is 6.29. The molecule has 0 saturated heterocycles. The second kappa shape index (κ2) is 4.54. The maximum Gasteiger partial charge on any atom is 0.162 e. The van der Waals surface area contributed by atoms with Gasteiger partial charge in [-0.3, -0.25) is 0 Å². The van der Waals surface area contributed by atoms with E-state index in [4.69, 9.17) is 0 Å². The van der Waals surface area contributed by atoms with Crippen LogP contribution in [0.5, 0.6) is 0 Å². The molecule has 0 aliphatic rings. The Balaban J connectivity index is 0.000000251. The molecular formula is C9H14N4. The van der Waals surface area contributed by atoms with Crippen LogP contribution in [0.3, 0.4) is 0 Å². The molecule has 2 heterocycles. The van der Waals surface area contributed by atoms with Gasteiger partial charge in [0.2, 0.25) is 0 Å². The lowest BCUT2D eigenvalue weighted by Gasteiger charge is -1.88. The van der Waals surface area contributed by atoms with E-state index in [2.05, 4.69) is 28.8 Å². The van der Waals surface area contributed by atoms with E-state index in [9.17, 15) is 0 Å². The van der Waals surface area contributed by atoms with E-state index in [1.54, 1.807) is 12.5 Å². The van der Waals surface area contributed by atoms with E-state index in [0.717, 1.165) is 11.2 Å². The first-order valence-electron chi connectivity index (χ1n) is 4.36. The molecular weight excluding hydrogens is 164 g/mol. The largest absolute Gasteiger partial charge is 0.318 e. The molecule has 4 nitrogen and oxygen atoms in total. The smallest absolute Gasteiger partial charge is 0.162 e. The Morgan fingerprint density at radius 1 is 1.31 bits per heavy atom. The molecule has 13 heavy (non-hydrogen) atoms. The molecule has 0 bridgehead atoms. The molecule has 0 aliphatic carbocycles. The zero-order valence-corrected chi connectivity index (χ0v) is 8.23. The Kier molecular flexibility index (Phi) is 3.37. The van der Waals surface area contributed by atoms with Crippen molar-refractivity contribution in [3.63, 3.8) is 0 Å². The molecule has 0 fully saturated rings. The monoisotopic (exact) mass is 178 g/mol. The molecule has 0 amide bonds. The second-order valence-corrected chi connectivity index (χ2v) is 2.79. The molecule has 2 aromatic heterocycles. The van der Waals surface area contributed by atoms with E-state index in [0.29, 0.717) is 0 Å². The van der Waals surface area contributed by atoms with Crippen molar-refractivity contribution in [2.75, 3.05) is 0 Å². The van der Waals surface area contributed by atoms with Crippen LogP contribution in [0.4, 0.5) is 0 Å². The molecule has 70 valence electrons. The zero-order chi connectivity index (χ0) is 9.68. The summed E-state index contributed by atoms with van der Waals surface area (Å²) in [7, 11) is 1.91. The highest BCUT2D eigenvalue weighted by Gasteiger charge is 1.96. The van der Waals surface area contributed by atoms with Crippen LogP contribution in [-0.4, -0.2) is 19.5 Å². The average molecular weight is 178 g/mol. The molecule has 0 radical (unpaired) electrons. The first-order valence-corrected chi connectivity index (χ1v) is 4.36. The van der Waals surface area contributed by atoms with Gasteiger partial charge in [0.15, 0.2) is 5.65 Å². The lowest BCUT2D eigenvalue weighted by Crippen LogP contribution is -1.86. The molecule has 2 aromatic rings. The highest BCUT2D eigenvalue weighted by atomic mass is 15.1. The van der Waals surface area contributed by atoms with E-state index in [1.165, 1.54) is 12.7 Å². The van der Waals surface area contributed by atoms with Crippen molar-refractivity contribution in [1.82, 2.24) is 19.5 Å². The summed E-state index contributed by atoms with van der Waals surface area (Å²) in [5, 5.41) is 0. The molecule has 0 spiro atoms. The van der Waals surface area contributed by atoms with Gasteiger partial charge in [-0.05, 0) is 0 Å². The fraction of sp³-hybridized carbons (Fsp3) is 0.444. The standard InChI is InChI=1S/C6H6N4.C3H8/c1-10-4-9-5-2-7-3-8-6(5)10;1-3-2/h2-4H,1H3;3H2,1-2H3. The minimum absolute atomic E-state index is 0.838. The van der Waals surface area contributed by atoms with Gasteiger partial charge in [-0.25, -0.2) is 15.0 Å². The van der Waals surface area contributed by atoms with Gasteiger partial charge in [0.05, 0.1) is 12.5 Å². The summed E-state index contributed by atoms with van der Waals surface area (Å²) < 4.78 is 1.86. The third-order valence-electron chi connectivity index (χ3n) is 1.38. The van der Waals surface area contributed by atoms with Gasteiger partial charge in [-0.2, -0.15) is 0 Å². The Hall–Kier alpha value is -1.45. The predicted octanol–water partition coefficient (Wildman–Crippen LogP) is 1.78. The molecule has 4 heteroatoms. The van der Waals surface area contributed by atoms with E-state index < -0.39 is 0 Å². The topological polar surface area (TPSA) is 43.6 Å². The lowest BCUT2D eigenvalue weighted by molar-refractivity contribution is 0.928. The molecule has 2 rings (SSSR count). The van der Waals surface area contributed by atoms with Crippen LogP contribution in [0.1, 0.15) is 20.3 Å². The Labute approximate surface area is 77.7 Å². The van der Waals surface area contributed by atoms with Crippen LogP contribution in [0.25, 0.3) is 11.2 Å². The fourth-order valence-corrected chi connectivity index (χ4v) is 0.882. The number of hydrogen-bond acceptors (Lipinski definition) is 3. The number of fused-ring (bicyclic) bond motifs is 1. The highest BCUT2D eigenvalue weighted by Crippen LogP contribution is 2.03. The summed E-state index contributed by atoms with van der Waals surface area (Å²) in [5.41, 5.74) is 1.71. The van der Waals surface area contributed by atoms with E-state index in [-0.39, 0.29) is 0 Å². The molecule has 0 saturated carbocycles. The third kappa shape index (κ3) is 2.24. The van der Waals surface area contributed by atoms with Crippen LogP contribution >= 0.6 is 0 Å². The molecule has 0 aromatic carbocycles. The van der Waals surface area contributed by atoms with Crippen molar-refractivity contribution in [3.05, 3.63) is 18.9 Å². The van der Waals surface area contributed by atoms with Gasteiger partial charge in [0, 0.05) is 7.05 Å². The summed E-state index contributed by atoms with van der Waals surface area (Å²) in [6, 6.07) is 0. The Morgan fingerprint density at radius 2 is 2.00 bits per heavy atom. The van der Waals surface area contributed by atoms with Crippen molar-refractivity contribution in [2.24, 2.45) is 7.05 Å². The van der Waals surface area contributed by atoms with Gasteiger partial charge >= 0.3 is 0 Å². The summed E-state index contributed by atoms with van der Waals surface area (Å²) >= 11 is 0. The van der Waals surface area contributed by atoms with Crippen molar-refractivity contribution >= 4 is 11.2 Å². The normalized spacial score (nSPS) is 9.46. The zero-order valence-electron chi connectivity index (χ0n) is 8.23. The SMILES string of the molecule is CCC.Cn1cnc2cncnc21. The van der Waals surface area contributed by atoms with Crippen molar-refractivity contribution < 1.29 is 0 Å². The number of rotatable bonds is 0. The molecule has 0 unspecified atom stereocenters. The molecule has 0 aliphatic heterocycles. The maximum absolute atomic E-state index is 4.06. The van der Waals surface area contributed by atoms with Gasteiger partial charge < -0.3 is 4.57 Å². The first kappa shape index (κ1) is 9.64. The van der Waals surface area contributed by atoms with E-state index >= 15 is 0 Å². The third-order valence-corrected chi connectivity index (χ3v) is 1.38.